The normalized spacial score (nSPS) is 16.1. The monoisotopic (exact) mass is 430 g/mol. The molecule has 1 aromatic heterocycles. The highest BCUT2D eigenvalue weighted by Crippen LogP contribution is 2.33. The summed E-state index contributed by atoms with van der Waals surface area (Å²) in [6, 6.07) is 16.4. The van der Waals surface area contributed by atoms with Crippen molar-refractivity contribution in [3.63, 3.8) is 0 Å². The molecule has 1 fully saturated rings. The van der Waals surface area contributed by atoms with Crippen LogP contribution in [-0.4, -0.2) is 29.3 Å². The number of rotatable bonds is 6. The Kier molecular flexibility index (Phi) is 6.09. The Balaban J connectivity index is 1.46. The van der Waals surface area contributed by atoms with Crippen molar-refractivity contribution in [2.24, 2.45) is 0 Å². The van der Waals surface area contributed by atoms with Crippen molar-refractivity contribution in [1.29, 1.82) is 0 Å². The van der Waals surface area contributed by atoms with Crippen LogP contribution < -0.4 is 14.4 Å². The molecule has 2 aromatic carbocycles. The Morgan fingerprint density at radius 1 is 1.03 bits per heavy atom. The van der Waals surface area contributed by atoms with Gasteiger partial charge in [0.2, 0.25) is 5.88 Å². The number of hydrogen-bond acceptors (Lipinski definition) is 5. The van der Waals surface area contributed by atoms with E-state index in [2.05, 4.69) is 9.88 Å². The number of ether oxygens (including phenoxy) is 2. The summed E-state index contributed by atoms with van der Waals surface area (Å²) in [5.41, 5.74) is 1.77. The van der Waals surface area contributed by atoms with Crippen LogP contribution in [0.25, 0.3) is 0 Å². The Bertz CT molecular complexity index is 985. The summed E-state index contributed by atoms with van der Waals surface area (Å²) in [7, 11) is 0. The van der Waals surface area contributed by atoms with E-state index in [1.165, 1.54) is 0 Å². The van der Waals surface area contributed by atoms with Gasteiger partial charge in [0.25, 0.3) is 0 Å². The first-order valence-corrected chi connectivity index (χ1v) is 10.1. The summed E-state index contributed by atoms with van der Waals surface area (Å²) in [5.74, 6) is 1.84. The van der Waals surface area contributed by atoms with Crippen molar-refractivity contribution in [1.82, 2.24) is 4.98 Å². The predicted octanol–water partition coefficient (Wildman–Crippen LogP) is 5.33. The zero-order chi connectivity index (χ0) is 20.2. The van der Waals surface area contributed by atoms with Crippen molar-refractivity contribution < 1.29 is 14.6 Å². The lowest BCUT2D eigenvalue weighted by molar-refractivity contribution is 0.216. The molecule has 0 aliphatic carbocycles. The lowest BCUT2D eigenvalue weighted by Gasteiger charge is -2.22. The van der Waals surface area contributed by atoms with Crippen molar-refractivity contribution in [2.45, 2.75) is 19.1 Å². The van der Waals surface area contributed by atoms with Gasteiger partial charge >= 0.3 is 0 Å². The summed E-state index contributed by atoms with van der Waals surface area (Å²) >= 11 is 12.0. The van der Waals surface area contributed by atoms with E-state index in [1.807, 2.05) is 36.4 Å². The van der Waals surface area contributed by atoms with Gasteiger partial charge < -0.3 is 19.5 Å². The molecule has 0 bridgehead atoms. The van der Waals surface area contributed by atoms with Gasteiger partial charge in [-0.1, -0.05) is 29.3 Å². The van der Waals surface area contributed by atoms with E-state index in [0.717, 1.165) is 30.8 Å². The molecule has 4 rings (SSSR count). The van der Waals surface area contributed by atoms with Gasteiger partial charge in [-0.3, -0.25) is 0 Å². The number of aliphatic hydroxyl groups excluding tert-OH is 1. The molecule has 0 saturated carbocycles. The molecule has 1 saturated heterocycles. The molecule has 0 spiro atoms. The maximum Gasteiger partial charge on any atom is 0.213 e. The van der Waals surface area contributed by atoms with E-state index in [-0.39, 0.29) is 12.7 Å². The molecule has 5 nitrogen and oxygen atoms in total. The number of nitrogens with zero attached hydrogens (tertiary/aromatic N) is 2. The number of halogens is 2. The Morgan fingerprint density at radius 3 is 2.62 bits per heavy atom. The van der Waals surface area contributed by atoms with Crippen LogP contribution in [0.3, 0.4) is 0 Å². The van der Waals surface area contributed by atoms with E-state index in [0.29, 0.717) is 27.4 Å². The van der Waals surface area contributed by atoms with Crippen LogP contribution >= 0.6 is 23.2 Å². The summed E-state index contributed by atoms with van der Waals surface area (Å²) in [4.78, 5) is 6.43. The van der Waals surface area contributed by atoms with Crippen LogP contribution in [0.15, 0.2) is 60.8 Å². The molecular formula is C22H20Cl2N2O3. The van der Waals surface area contributed by atoms with Gasteiger partial charge in [-0.05, 0) is 36.4 Å². The average Bonchev–Trinajstić information content (AvgIpc) is 3.19. The maximum absolute atomic E-state index is 9.89. The minimum Gasteiger partial charge on any atom is -0.472 e. The molecule has 150 valence electrons. The van der Waals surface area contributed by atoms with Gasteiger partial charge in [0.1, 0.15) is 17.6 Å². The number of pyridine rings is 1. The second-order valence-corrected chi connectivity index (χ2v) is 7.58. The number of benzene rings is 2. The van der Waals surface area contributed by atoms with Gasteiger partial charge in [0.15, 0.2) is 0 Å². The summed E-state index contributed by atoms with van der Waals surface area (Å²) in [5, 5.41) is 10.8. The highest BCUT2D eigenvalue weighted by atomic mass is 35.5. The minimum absolute atomic E-state index is 0.0589. The average molecular weight is 431 g/mol. The van der Waals surface area contributed by atoms with Crippen LogP contribution in [0.4, 0.5) is 5.69 Å². The van der Waals surface area contributed by atoms with Gasteiger partial charge in [0.05, 0.1) is 23.2 Å². The fraction of sp³-hybridized carbons (Fsp3) is 0.227. The molecule has 1 unspecified atom stereocenters. The fourth-order valence-corrected chi connectivity index (χ4v) is 3.66. The van der Waals surface area contributed by atoms with Crippen molar-refractivity contribution >= 4 is 28.9 Å². The van der Waals surface area contributed by atoms with E-state index < -0.39 is 0 Å². The number of aliphatic hydroxyl groups is 1. The first-order valence-electron chi connectivity index (χ1n) is 9.31. The van der Waals surface area contributed by atoms with Crippen LogP contribution in [-0.2, 0) is 6.61 Å². The predicted molar refractivity (Wildman–Crippen MR) is 114 cm³/mol. The molecule has 1 aliphatic rings. The molecule has 1 atom stereocenters. The zero-order valence-electron chi connectivity index (χ0n) is 15.6. The van der Waals surface area contributed by atoms with E-state index >= 15 is 0 Å². The standard InChI is InChI=1S/C22H20Cl2N2O3/c23-19-6-4-17(12-20(19)24)28-16-5-7-21(15(11-16)14-27)26-10-8-18(13-26)29-22-3-1-2-9-25-22/h1-7,9,11-12,18,27H,8,10,13-14H2. The summed E-state index contributed by atoms with van der Waals surface area (Å²) in [6.45, 7) is 1.49. The zero-order valence-corrected chi connectivity index (χ0v) is 17.1. The molecule has 29 heavy (non-hydrogen) atoms. The lowest BCUT2D eigenvalue weighted by Crippen LogP contribution is -2.25. The van der Waals surface area contributed by atoms with Gasteiger partial charge in [-0.2, -0.15) is 0 Å². The Labute approximate surface area is 179 Å². The second-order valence-electron chi connectivity index (χ2n) is 6.77. The molecule has 1 aliphatic heterocycles. The second kappa shape index (κ2) is 8.91. The summed E-state index contributed by atoms with van der Waals surface area (Å²) in [6.07, 6.45) is 2.67. The first kappa shape index (κ1) is 19.8. The largest absolute Gasteiger partial charge is 0.472 e. The van der Waals surface area contributed by atoms with Crippen molar-refractivity contribution in [2.75, 3.05) is 18.0 Å². The Morgan fingerprint density at radius 2 is 1.86 bits per heavy atom. The highest BCUT2D eigenvalue weighted by Gasteiger charge is 2.26. The molecule has 7 heteroatoms. The van der Waals surface area contributed by atoms with Gasteiger partial charge in [-0.15, -0.1) is 0 Å². The molecule has 1 N–H and O–H groups in total. The molecule has 0 radical (unpaired) electrons. The van der Waals surface area contributed by atoms with Crippen LogP contribution in [0.2, 0.25) is 10.0 Å². The van der Waals surface area contributed by atoms with Crippen LogP contribution in [0.1, 0.15) is 12.0 Å². The van der Waals surface area contributed by atoms with E-state index in [9.17, 15) is 5.11 Å². The molecule has 3 aromatic rings. The maximum atomic E-state index is 9.89. The van der Waals surface area contributed by atoms with Crippen LogP contribution in [0, 0.1) is 0 Å². The van der Waals surface area contributed by atoms with E-state index in [1.54, 1.807) is 24.4 Å². The molecule has 2 heterocycles. The third kappa shape index (κ3) is 4.75. The Hall–Kier alpha value is -2.47. The van der Waals surface area contributed by atoms with E-state index in [4.69, 9.17) is 32.7 Å². The van der Waals surface area contributed by atoms with Crippen molar-refractivity contribution in [3.8, 4) is 17.4 Å². The fourth-order valence-electron chi connectivity index (χ4n) is 3.37. The number of hydrogen-bond donors (Lipinski definition) is 1. The third-order valence-corrected chi connectivity index (χ3v) is 5.50. The number of aromatic nitrogens is 1. The highest BCUT2D eigenvalue weighted by molar-refractivity contribution is 6.42. The SMILES string of the molecule is OCc1cc(Oc2ccc(Cl)c(Cl)c2)ccc1N1CCC(Oc2ccccn2)C1. The van der Waals surface area contributed by atoms with Gasteiger partial charge in [0, 0.05) is 42.5 Å². The molecular weight excluding hydrogens is 411 g/mol. The molecule has 0 amide bonds. The smallest absolute Gasteiger partial charge is 0.213 e. The van der Waals surface area contributed by atoms with Crippen molar-refractivity contribution in [3.05, 3.63) is 76.4 Å². The third-order valence-electron chi connectivity index (χ3n) is 4.76. The summed E-state index contributed by atoms with van der Waals surface area (Å²) < 4.78 is 11.8. The number of anilines is 1. The van der Waals surface area contributed by atoms with Gasteiger partial charge in [-0.25, -0.2) is 4.98 Å². The lowest BCUT2D eigenvalue weighted by atomic mass is 10.1. The van der Waals surface area contributed by atoms with Crippen LogP contribution in [0.5, 0.6) is 17.4 Å². The topological polar surface area (TPSA) is 54.8 Å². The first-order chi connectivity index (χ1) is 14.1. The quantitative estimate of drug-likeness (QED) is 0.572. The minimum atomic E-state index is -0.0871.